The molecule has 1 heterocycles. The van der Waals surface area contributed by atoms with E-state index >= 15 is 0 Å². The van der Waals surface area contributed by atoms with E-state index in [1.54, 1.807) is 17.0 Å². The summed E-state index contributed by atoms with van der Waals surface area (Å²) in [7, 11) is 0. The van der Waals surface area contributed by atoms with E-state index in [0.717, 1.165) is 5.56 Å². The molecule has 1 N–H and O–H groups in total. The average Bonchev–Trinajstić information content (AvgIpc) is 3.12. The van der Waals surface area contributed by atoms with Crippen molar-refractivity contribution in [2.75, 3.05) is 17.2 Å². The number of rotatable bonds is 6. The minimum atomic E-state index is -0.323. The fraction of sp³-hybridized carbons (Fsp3) is 0.167. The quantitative estimate of drug-likeness (QED) is 0.683. The zero-order valence-electron chi connectivity index (χ0n) is 13.6. The van der Waals surface area contributed by atoms with Crippen molar-refractivity contribution in [2.24, 2.45) is 0 Å². The maximum absolute atomic E-state index is 13.0. The van der Waals surface area contributed by atoms with Crippen LogP contribution in [-0.4, -0.2) is 33.4 Å². The molecule has 0 aliphatic heterocycles. The molecule has 5 nitrogen and oxygen atoms in total. The lowest BCUT2D eigenvalue weighted by molar-refractivity contribution is -0.116. The number of thioether (sulfide) groups is 1. The second-order valence-corrected chi connectivity index (χ2v) is 6.18. The number of hydrogen-bond acceptors (Lipinski definition) is 4. The molecule has 0 spiro atoms. The molecule has 0 aliphatic carbocycles. The van der Waals surface area contributed by atoms with E-state index in [1.165, 1.54) is 23.9 Å². The van der Waals surface area contributed by atoms with E-state index in [2.05, 4.69) is 15.2 Å². The Balaban J connectivity index is 1.63. The normalized spacial score (nSPS) is 10.6. The summed E-state index contributed by atoms with van der Waals surface area (Å²) in [5.74, 6) is 0.472. The van der Waals surface area contributed by atoms with Crippen molar-refractivity contribution >= 4 is 23.4 Å². The van der Waals surface area contributed by atoms with Gasteiger partial charge in [-0.15, -0.1) is 5.10 Å². The number of carbonyl (C=O) groups is 1. The van der Waals surface area contributed by atoms with Crippen molar-refractivity contribution in [1.29, 1.82) is 0 Å². The Morgan fingerprint density at radius 3 is 2.56 bits per heavy atom. The van der Waals surface area contributed by atoms with Crippen LogP contribution >= 0.6 is 11.8 Å². The lowest BCUT2D eigenvalue weighted by Crippen LogP contribution is -2.32. The Morgan fingerprint density at radius 1 is 1.16 bits per heavy atom. The first-order chi connectivity index (χ1) is 12.2. The highest BCUT2D eigenvalue weighted by Crippen LogP contribution is 2.21. The SMILES string of the molecule is CCN(C(=O)CSc1n[nH]c(-c2ccccc2)n1)c1ccc(F)cc1. The number of amides is 1. The van der Waals surface area contributed by atoms with Crippen molar-refractivity contribution in [2.45, 2.75) is 12.1 Å². The third-order valence-corrected chi connectivity index (χ3v) is 4.42. The van der Waals surface area contributed by atoms with Crippen LogP contribution < -0.4 is 4.90 Å². The largest absolute Gasteiger partial charge is 0.312 e. The number of nitrogens with one attached hydrogen (secondary N) is 1. The van der Waals surface area contributed by atoms with Crippen LogP contribution in [0.1, 0.15) is 6.92 Å². The Bertz CT molecular complexity index is 836. The number of aromatic amines is 1. The molecule has 0 radical (unpaired) electrons. The van der Waals surface area contributed by atoms with Crippen LogP contribution in [-0.2, 0) is 4.79 Å². The van der Waals surface area contributed by atoms with Gasteiger partial charge in [-0.1, -0.05) is 42.1 Å². The van der Waals surface area contributed by atoms with Gasteiger partial charge in [0, 0.05) is 17.8 Å². The van der Waals surface area contributed by atoms with Crippen molar-refractivity contribution in [3.63, 3.8) is 0 Å². The molecular formula is C18H17FN4OS. The molecule has 1 amide bonds. The Kier molecular flexibility index (Phi) is 5.45. The third kappa shape index (κ3) is 4.24. The molecule has 128 valence electrons. The number of carbonyl (C=O) groups excluding carboxylic acids is 1. The Hall–Kier alpha value is -2.67. The molecule has 0 aliphatic rings. The summed E-state index contributed by atoms with van der Waals surface area (Å²) in [4.78, 5) is 18.5. The molecule has 0 bridgehead atoms. The molecule has 25 heavy (non-hydrogen) atoms. The summed E-state index contributed by atoms with van der Waals surface area (Å²) < 4.78 is 13.0. The monoisotopic (exact) mass is 356 g/mol. The number of hydrogen-bond donors (Lipinski definition) is 1. The highest BCUT2D eigenvalue weighted by atomic mass is 32.2. The zero-order valence-corrected chi connectivity index (χ0v) is 14.5. The molecule has 7 heteroatoms. The number of H-pyrrole nitrogens is 1. The standard InChI is InChI=1S/C18H17FN4OS/c1-2-23(15-10-8-14(19)9-11-15)16(24)12-25-18-20-17(21-22-18)13-6-4-3-5-7-13/h3-11H,2,12H2,1H3,(H,20,21,22). The first-order valence-corrected chi connectivity index (χ1v) is 8.82. The summed E-state index contributed by atoms with van der Waals surface area (Å²) in [5.41, 5.74) is 1.61. The van der Waals surface area contributed by atoms with E-state index < -0.39 is 0 Å². The molecular weight excluding hydrogens is 339 g/mol. The summed E-state index contributed by atoms with van der Waals surface area (Å²) in [6.07, 6.45) is 0. The zero-order chi connectivity index (χ0) is 17.6. The summed E-state index contributed by atoms with van der Waals surface area (Å²) in [6, 6.07) is 15.6. The first kappa shape index (κ1) is 17.2. The van der Waals surface area contributed by atoms with E-state index in [9.17, 15) is 9.18 Å². The van der Waals surface area contributed by atoms with Crippen LogP contribution in [0.2, 0.25) is 0 Å². The maximum atomic E-state index is 13.0. The number of anilines is 1. The second-order valence-electron chi connectivity index (χ2n) is 5.24. The Labute approximate surface area is 149 Å². The fourth-order valence-corrected chi connectivity index (χ4v) is 3.04. The molecule has 0 saturated heterocycles. The van der Waals surface area contributed by atoms with E-state index in [-0.39, 0.29) is 17.5 Å². The molecule has 0 saturated carbocycles. The van der Waals surface area contributed by atoms with E-state index in [1.807, 2.05) is 37.3 Å². The second kappa shape index (κ2) is 7.94. The Morgan fingerprint density at radius 2 is 1.88 bits per heavy atom. The van der Waals surface area contributed by atoms with Crippen molar-refractivity contribution < 1.29 is 9.18 Å². The van der Waals surface area contributed by atoms with Gasteiger partial charge in [0.1, 0.15) is 5.82 Å². The van der Waals surface area contributed by atoms with Crippen LogP contribution in [0.3, 0.4) is 0 Å². The van der Waals surface area contributed by atoms with Crippen molar-refractivity contribution in [3.8, 4) is 11.4 Å². The molecule has 2 aromatic carbocycles. The van der Waals surface area contributed by atoms with Crippen LogP contribution in [0.5, 0.6) is 0 Å². The molecule has 1 aromatic heterocycles. The number of benzene rings is 2. The molecule has 0 unspecified atom stereocenters. The van der Waals surface area contributed by atoms with Gasteiger partial charge < -0.3 is 4.90 Å². The average molecular weight is 356 g/mol. The molecule has 3 aromatic rings. The lowest BCUT2D eigenvalue weighted by atomic mass is 10.2. The van der Waals surface area contributed by atoms with Crippen LogP contribution in [0.25, 0.3) is 11.4 Å². The smallest absolute Gasteiger partial charge is 0.237 e. The predicted molar refractivity (Wildman–Crippen MR) is 97.0 cm³/mol. The van der Waals surface area contributed by atoms with Gasteiger partial charge in [0.05, 0.1) is 5.75 Å². The molecule has 0 fully saturated rings. The van der Waals surface area contributed by atoms with Crippen molar-refractivity contribution in [1.82, 2.24) is 15.2 Å². The van der Waals surface area contributed by atoms with Gasteiger partial charge in [0.15, 0.2) is 5.82 Å². The van der Waals surface area contributed by atoms with Gasteiger partial charge >= 0.3 is 0 Å². The van der Waals surface area contributed by atoms with E-state index in [0.29, 0.717) is 23.2 Å². The maximum Gasteiger partial charge on any atom is 0.237 e. The number of nitrogens with zero attached hydrogens (tertiary/aromatic N) is 3. The lowest BCUT2D eigenvalue weighted by Gasteiger charge is -2.20. The van der Waals surface area contributed by atoms with Crippen LogP contribution in [0.15, 0.2) is 59.8 Å². The van der Waals surface area contributed by atoms with Crippen LogP contribution in [0, 0.1) is 5.82 Å². The fourth-order valence-electron chi connectivity index (χ4n) is 2.36. The van der Waals surface area contributed by atoms with Gasteiger partial charge in [0.2, 0.25) is 11.1 Å². The summed E-state index contributed by atoms with van der Waals surface area (Å²) in [5, 5.41) is 7.54. The number of halogens is 1. The third-order valence-electron chi connectivity index (χ3n) is 3.59. The van der Waals surface area contributed by atoms with E-state index in [4.69, 9.17) is 0 Å². The van der Waals surface area contributed by atoms with Gasteiger partial charge in [0.25, 0.3) is 0 Å². The predicted octanol–water partition coefficient (Wildman–Crippen LogP) is 3.76. The summed E-state index contributed by atoms with van der Waals surface area (Å²) >= 11 is 1.27. The van der Waals surface area contributed by atoms with Gasteiger partial charge in [-0.05, 0) is 31.2 Å². The molecule has 0 atom stereocenters. The van der Waals surface area contributed by atoms with Gasteiger partial charge in [-0.25, -0.2) is 9.37 Å². The highest BCUT2D eigenvalue weighted by molar-refractivity contribution is 7.99. The molecule has 3 rings (SSSR count). The minimum absolute atomic E-state index is 0.0785. The van der Waals surface area contributed by atoms with Gasteiger partial charge in [-0.2, -0.15) is 0 Å². The first-order valence-electron chi connectivity index (χ1n) is 7.84. The van der Waals surface area contributed by atoms with Gasteiger partial charge in [-0.3, -0.25) is 9.89 Å². The highest BCUT2D eigenvalue weighted by Gasteiger charge is 2.16. The van der Waals surface area contributed by atoms with Crippen LogP contribution in [0.4, 0.5) is 10.1 Å². The number of aromatic nitrogens is 3. The summed E-state index contributed by atoms with van der Waals surface area (Å²) in [6.45, 7) is 2.39. The van der Waals surface area contributed by atoms with Crippen molar-refractivity contribution in [3.05, 3.63) is 60.4 Å². The topological polar surface area (TPSA) is 61.9 Å². The minimum Gasteiger partial charge on any atom is -0.312 e.